The molecule has 7 heteroatoms. The summed E-state index contributed by atoms with van der Waals surface area (Å²) in [5.41, 5.74) is 6.34. The van der Waals surface area contributed by atoms with Crippen LogP contribution in [-0.2, 0) is 10.0 Å². The van der Waals surface area contributed by atoms with Crippen molar-refractivity contribution in [3.8, 4) is 0 Å². The summed E-state index contributed by atoms with van der Waals surface area (Å²) in [6, 6.07) is 10.6. The van der Waals surface area contributed by atoms with E-state index < -0.39 is 10.0 Å². The average Bonchev–Trinajstić information content (AvgIpc) is 2.65. The van der Waals surface area contributed by atoms with E-state index >= 15 is 0 Å². The molecule has 1 aromatic carbocycles. The molecule has 0 radical (unpaired) electrons. The molecule has 0 amide bonds. The number of rotatable bonds is 3. The van der Waals surface area contributed by atoms with Crippen molar-refractivity contribution in [2.45, 2.75) is 13.3 Å². The van der Waals surface area contributed by atoms with E-state index in [1.807, 2.05) is 18.2 Å². The molecular formula is C10H10N2O2S3. The molecular weight excluding hydrogens is 276 g/mol. The third kappa shape index (κ3) is 3.22. The average molecular weight is 286 g/mol. The summed E-state index contributed by atoms with van der Waals surface area (Å²) in [7, 11) is -3.60. The van der Waals surface area contributed by atoms with Gasteiger partial charge < -0.3 is 5.73 Å². The SMILES string of the molecule is Nc1cccc(Sc2ccc(S(N)(=O)=O)s2)c1. The normalized spacial score (nSPS) is 11.6. The second-order valence-corrected chi connectivity index (χ2v) is 7.54. The zero-order chi connectivity index (χ0) is 12.5. The molecule has 0 bridgehead atoms. The molecule has 1 heterocycles. The standard InChI is InChI=1S/C10H10N2O2S3/c11-7-2-1-3-8(6-7)15-9-4-5-10(16-9)17(12,13)14/h1-6H,11H2,(H2,12,13,14). The van der Waals surface area contributed by atoms with Gasteiger partial charge in [0.2, 0.25) is 10.0 Å². The van der Waals surface area contributed by atoms with E-state index in [9.17, 15) is 8.42 Å². The number of primary sulfonamides is 1. The van der Waals surface area contributed by atoms with Crippen LogP contribution in [0.1, 0.15) is 0 Å². The Balaban J connectivity index is 2.23. The molecule has 17 heavy (non-hydrogen) atoms. The first-order valence-electron chi connectivity index (χ1n) is 4.61. The van der Waals surface area contributed by atoms with Crippen molar-refractivity contribution in [2.24, 2.45) is 5.14 Å². The summed E-state index contributed by atoms with van der Waals surface area (Å²) < 4.78 is 23.3. The Labute approximate surface area is 108 Å². The van der Waals surface area contributed by atoms with Gasteiger partial charge in [0.05, 0.1) is 4.21 Å². The van der Waals surface area contributed by atoms with Gasteiger partial charge in [0, 0.05) is 10.6 Å². The van der Waals surface area contributed by atoms with Gasteiger partial charge in [-0.15, -0.1) is 11.3 Å². The number of anilines is 1. The van der Waals surface area contributed by atoms with Crippen LogP contribution in [0.25, 0.3) is 0 Å². The fourth-order valence-electron chi connectivity index (χ4n) is 1.21. The highest BCUT2D eigenvalue weighted by Crippen LogP contribution is 2.35. The summed E-state index contributed by atoms with van der Waals surface area (Å²) in [5.74, 6) is 0. The predicted molar refractivity (Wildman–Crippen MR) is 70.7 cm³/mol. The lowest BCUT2D eigenvalue weighted by atomic mass is 10.3. The summed E-state index contributed by atoms with van der Waals surface area (Å²) in [5, 5.41) is 5.04. The minimum atomic E-state index is -3.60. The van der Waals surface area contributed by atoms with Crippen LogP contribution in [0.3, 0.4) is 0 Å². The topological polar surface area (TPSA) is 86.2 Å². The van der Waals surface area contributed by atoms with Crippen molar-refractivity contribution in [3.05, 3.63) is 36.4 Å². The number of sulfonamides is 1. The molecule has 2 rings (SSSR count). The zero-order valence-electron chi connectivity index (χ0n) is 8.66. The fraction of sp³-hybridized carbons (Fsp3) is 0. The first-order valence-corrected chi connectivity index (χ1v) is 7.79. The van der Waals surface area contributed by atoms with Crippen molar-refractivity contribution < 1.29 is 8.42 Å². The summed E-state index contributed by atoms with van der Waals surface area (Å²) >= 11 is 2.61. The molecule has 0 aliphatic heterocycles. The predicted octanol–water partition coefficient (Wildman–Crippen LogP) is 2.13. The van der Waals surface area contributed by atoms with Gasteiger partial charge in [-0.2, -0.15) is 0 Å². The van der Waals surface area contributed by atoms with Crippen molar-refractivity contribution in [1.29, 1.82) is 0 Å². The van der Waals surface area contributed by atoms with Crippen LogP contribution < -0.4 is 10.9 Å². The lowest BCUT2D eigenvalue weighted by molar-refractivity contribution is 0.600. The fourth-order valence-corrected chi connectivity index (χ4v) is 4.26. The molecule has 1 aromatic heterocycles. The highest BCUT2D eigenvalue weighted by atomic mass is 32.3. The maximum atomic E-state index is 11.1. The molecule has 4 N–H and O–H groups in total. The van der Waals surface area contributed by atoms with Crippen LogP contribution in [-0.4, -0.2) is 8.42 Å². The minimum Gasteiger partial charge on any atom is -0.399 e. The summed E-state index contributed by atoms with van der Waals surface area (Å²) in [6.07, 6.45) is 0. The van der Waals surface area contributed by atoms with Crippen molar-refractivity contribution in [1.82, 2.24) is 0 Å². The second kappa shape index (κ2) is 4.69. The molecule has 90 valence electrons. The second-order valence-electron chi connectivity index (χ2n) is 3.29. The van der Waals surface area contributed by atoms with Crippen molar-refractivity contribution >= 4 is 38.8 Å². The lowest BCUT2D eigenvalue weighted by Gasteiger charge is -1.99. The molecule has 0 fully saturated rings. The van der Waals surface area contributed by atoms with E-state index in [0.29, 0.717) is 5.69 Å². The number of hydrogen-bond donors (Lipinski definition) is 2. The van der Waals surface area contributed by atoms with Gasteiger partial charge in [-0.3, -0.25) is 0 Å². The molecule has 2 aromatic rings. The third-order valence-electron chi connectivity index (χ3n) is 1.91. The Hall–Kier alpha value is -1.02. The largest absolute Gasteiger partial charge is 0.399 e. The molecule has 0 saturated carbocycles. The summed E-state index contributed by atoms with van der Waals surface area (Å²) in [4.78, 5) is 0.966. The highest BCUT2D eigenvalue weighted by Gasteiger charge is 2.11. The van der Waals surface area contributed by atoms with Gasteiger partial charge in [-0.1, -0.05) is 17.8 Å². The number of hydrogen-bond acceptors (Lipinski definition) is 5. The van der Waals surface area contributed by atoms with Crippen LogP contribution in [0.4, 0.5) is 5.69 Å². The number of nitrogens with two attached hydrogens (primary N) is 2. The number of thiophene rings is 1. The van der Waals surface area contributed by atoms with Crippen molar-refractivity contribution in [3.63, 3.8) is 0 Å². The Morgan fingerprint density at radius 3 is 2.53 bits per heavy atom. The maximum Gasteiger partial charge on any atom is 0.247 e. The Morgan fingerprint density at radius 1 is 1.18 bits per heavy atom. The highest BCUT2D eigenvalue weighted by molar-refractivity contribution is 8.01. The monoisotopic (exact) mass is 286 g/mol. The molecule has 0 spiro atoms. The molecule has 0 aliphatic carbocycles. The van der Waals surface area contributed by atoms with Crippen LogP contribution >= 0.6 is 23.1 Å². The molecule has 0 unspecified atom stereocenters. The van der Waals surface area contributed by atoms with E-state index in [-0.39, 0.29) is 4.21 Å². The zero-order valence-corrected chi connectivity index (χ0v) is 11.1. The molecule has 0 aliphatic rings. The van der Waals surface area contributed by atoms with Gasteiger partial charge in [0.1, 0.15) is 4.21 Å². The molecule has 0 saturated heterocycles. The van der Waals surface area contributed by atoms with E-state index in [1.54, 1.807) is 12.1 Å². The van der Waals surface area contributed by atoms with E-state index in [2.05, 4.69) is 0 Å². The van der Waals surface area contributed by atoms with Gasteiger partial charge in [0.25, 0.3) is 0 Å². The van der Waals surface area contributed by atoms with E-state index in [4.69, 9.17) is 10.9 Å². The van der Waals surface area contributed by atoms with Crippen molar-refractivity contribution in [2.75, 3.05) is 5.73 Å². The van der Waals surface area contributed by atoms with Crippen LogP contribution in [0.15, 0.2) is 49.7 Å². The summed E-state index contributed by atoms with van der Waals surface area (Å²) in [6.45, 7) is 0. The Kier molecular flexibility index (Phi) is 3.43. The Morgan fingerprint density at radius 2 is 1.94 bits per heavy atom. The molecule has 0 atom stereocenters. The van der Waals surface area contributed by atoms with Gasteiger partial charge >= 0.3 is 0 Å². The Bertz CT molecular complexity index is 635. The van der Waals surface area contributed by atoms with Crippen LogP contribution in [0, 0.1) is 0 Å². The minimum absolute atomic E-state index is 0.170. The lowest BCUT2D eigenvalue weighted by Crippen LogP contribution is -2.09. The van der Waals surface area contributed by atoms with Gasteiger partial charge in [-0.05, 0) is 30.3 Å². The number of benzene rings is 1. The van der Waals surface area contributed by atoms with Gasteiger partial charge in [-0.25, -0.2) is 13.6 Å². The van der Waals surface area contributed by atoms with E-state index in [0.717, 1.165) is 20.4 Å². The quantitative estimate of drug-likeness (QED) is 0.846. The maximum absolute atomic E-state index is 11.1. The third-order valence-corrected chi connectivity index (χ3v) is 5.56. The van der Waals surface area contributed by atoms with Crippen LogP contribution in [0.5, 0.6) is 0 Å². The smallest absolute Gasteiger partial charge is 0.247 e. The first-order chi connectivity index (χ1) is 7.95. The first kappa shape index (κ1) is 12.4. The van der Waals surface area contributed by atoms with Crippen LogP contribution in [0.2, 0.25) is 0 Å². The van der Waals surface area contributed by atoms with Gasteiger partial charge in [0.15, 0.2) is 0 Å². The number of nitrogen functional groups attached to an aromatic ring is 1. The molecule has 4 nitrogen and oxygen atoms in total. The van der Waals surface area contributed by atoms with E-state index in [1.165, 1.54) is 17.8 Å².